The van der Waals surface area contributed by atoms with Crippen LogP contribution in [0, 0.1) is 6.92 Å². The van der Waals surface area contributed by atoms with E-state index in [0.29, 0.717) is 28.6 Å². The van der Waals surface area contributed by atoms with Gasteiger partial charge in [0.1, 0.15) is 23.6 Å². The summed E-state index contributed by atoms with van der Waals surface area (Å²) in [5.74, 6) is 0.628. The molecule has 1 aliphatic rings. The smallest absolute Gasteiger partial charge is 0.414 e. The predicted octanol–water partition coefficient (Wildman–Crippen LogP) is 2.96. The number of hydrogen-bond donors (Lipinski definition) is 1. The third-order valence-electron chi connectivity index (χ3n) is 4.22. The average molecular weight is 369 g/mol. The summed E-state index contributed by atoms with van der Waals surface area (Å²) in [6, 6.07) is 5.43. The van der Waals surface area contributed by atoms with E-state index in [4.69, 9.17) is 10.5 Å². The van der Waals surface area contributed by atoms with E-state index in [0.717, 1.165) is 5.56 Å². The highest BCUT2D eigenvalue weighted by Crippen LogP contribution is 2.37. The molecular weight excluding hydrogens is 346 g/mol. The maximum atomic E-state index is 12.6. The number of aromatic nitrogens is 2. The number of fused-ring (bicyclic) bond motifs is 1. The lowest BCUT2D eigenvalue weighted by Crippen LogP contribution is -2.34. The van der Waals surface area contributed by atoms with Crippen LogP contribution in [0.3, 0.4) is 0 Å². The molecule has 3 rings (SSSR count). The third-order valence-corrected chi connectivity index (χ3v) is 4.22. The van der Waals surface area contributed by atoms with Crippen LogP contribution in [0.2, 0.25) is 0 Å². The van der Waals surface area contributed by atoms with Crippen molar-refractivity contribution in [1.29, 1.82) is 0 Å². The number of rotatable bonds is 2. The Balaban J connectivity index is 1.99. The van der Waals surface area contributed by atoms with Crippen molar-refractivity contribution in [2.45, 2.75) is 39.7 Å². The molecule has 2 N–H and O–H groups in total. The molecule has 2 heterocycles. The van der Waals surface area contributed by atoms with Gasteiger partial charge in [0.15, 0.2) is 0 Å². The van der Waals surface area contributed by atoms with Crippen LogP contribution < -0.4 is 15.5 Å². The normalized spacial score (nSPS) is 13.5. The van der Waals surface area contributed by atoms with Crippen LogP contribution in [-0.4, -0.2) is 34.6 Å². The quantitative estimate of drug-likeness (QED) is 0.873. The molecule has 142 valence electrons. The molecule has 0 spiro atoms. The van der Waals surface area contributed by atoms with Crippen molar-refractivity contribution in [3.05, 3.63) is 35.7 Å². The van der Waals surface area contributed by atoms with Crippen LogP contribution in [0.4, 0.5) is 27.8 Å². The summed E-state index contributed by atoms with van der Waals surface area (Å²) in [5, 5.41) is 0. The second-order valence-corrected chi connectivity index (χ2v) is 7.48. The number of nitrogens with zero attached hydrogens (tertiary/aromatic N) is 4. The van der Waals surface area contributed by atoms with Crippen LogP contribution in [0.1, 0.15) is 31.9 Å². The number of benzene rings is 1. The first kappa shape index (κ1) is 18.6. The molecule has 2 amide bonds. The number of anilines is 4. The van der Waals surface area contributed by atoms with Crippen molar-refractivity contribution in [2.75, 3.05) is 22.6 Å². The van der Waals surface area contributed by atoms with Crippen molar-refractivity contribution >= 4 is 35.0 Å². The van der Waals surface area contributed by atoms with Gasteiger partial charge in [-0.05, 0) is 45.4 Å². The highest BCUT2D eigenvalue weighted by Gasteiger charge is 2.33. The van der Waals surface area contributed by atoms with Gasteiger partial charge >= 0.3 is 6.09 Å². The fraction of sp³-hybridized carbons (Fsp3) is 0.368. The molecule has 0 radical (unpaired) electrons. The highest BCUT2D eigenvalue weighted by atomic mass is 16.6. The number of carbonyl (C=O) groups excluding carboxylic acids is 2. The van der Waals surface area contributed by atoms with Gasteiger partial charge in [-0.1, -0.05) is 6.07 Å². The summed E-state index contributed by atoms with van der Waals surface area (Å²) in [6.07, 6.45) is 1.01. The van der Waals surface area contributed by atoms with Crippen molar-refractivity contribution in [3.63, 3.8) is 0 Å². The molecule has 27 heavy (non-hydrogen) atoms. The van der Waals surface area contributed by atoms with Crippen molar-refractivity contribution in [3.8, 4) is 0 Å². The SMILES string of the molecule is Cc1ccc(N2C(=O)Cc3c(N)ncnc32)cc1N(C)C(=O)OC(C)(C)C. The lowest BCUT2D eigenvalue weighted by molar-refractivity contribution is -0.116. The number of nitrogen functional groups attached to an aromatic ring is 1. The van der Waals surface area contributed by atoms with E-state index in [9.17, 15) is 9.59 Å². The molecule has 0 aliphatic carbocycles. The lowest BCUT2D eigenvalue weighted by Gasteiger charge is -2.26. The van der Waals surface area contributed by atoms with Gasteiger partial charge in [-0.25, -0.2) is 14.8 Å². The van der Waals surface area contributed by atoms with Crippen LogP contribution in [0.15, 0.2) is 24.5 Å². The number of hydrogen-bond acceptors (Lipinski definition) is 6. The summed E-state index contributed by atoms with van der Waals surface area (Å²) in [4.78, 5) is 36.1. The second-order valence-electron chi connectivity index (χ2n) is 7.48. The van der Waals surface area contributed by atoms with E-state index in [-0.39, 0.29) is 12.3 Å². The molecule has 1 aromatic carbocycles. The van der Waals surface area contributed by atoms with Gasteiger partial charge in [0.05, 0.1) is 17.8 Å². The van der Waals surface area contributed by atoms with E-state index < -0.39 is 11.7 Å². The van der Waals surface area contributed by atoms with E-state index in [2.05, 4.69) is 9.97 Å². The second kappa shape index (κ2) is 6.53. The van der Waals surface area contributed by atoms with Gasteiger partial charge in [-0.15, -0.1) is 0 Å². The predicted molar refractivity (Wildman–Crippen MR) is 103 cm³/mol. The van der Waals surface area contributed by atoms with Gasteiger partial charge in [0.2, 0.25) is 5.91 Å². The Morgan fingerprint density at radius 1 is 1.30 bits per heavy atom. The Morgan fingerprint density at radius 2 is 2.00 bits per heavy atom. The molecule has 0 saturated heterocycles. The first-order valence-corrected chi connectivity index (χ1v) is 8.58. The molecule has 1 aliphatic heterocycles. The van der Waals surface area contributed by atoms with Crippen molar-refractivity contribution in [2.24, 2.45) is 0 Å². The third kappa shape index (κ3) is 3.55. The zero-order valence-corrected chi connectivity index (χ0v) is 16.1. The molecule has 0 atom stereocenters. The first-order chi connectivity index (χ1) is 12.6. The zero-order chi connectivity index (χ0) is 19.9. The van der Waals surface area contributed by atoms with Gasteiger partial charge < -0.3 is 10.5 Å². The molecule has 1 aromatic heterocycles. The summed E-state index contributed by atoms with van der Waals surface area (Å²) in [7, 11) is 1.64. The Kier molecular flexibility index (Phi) is 4.51. The Hall–Kier alpha value is -3.16. The summed E-state index contributed by atoms with van der Waals surface area (Å²) in [5.41, 5.74) is 8.01. The van der Waals surface area contributed by atoms with E-state index >= 15 is 0 Å². The first-order valence-electron chi connectivity index (χ1n) is 8.58. The van der Waals surface area contributed by atoms with Crippen LogP contribution in [0.5, 0.6) is 0 Å². The van der Waals surface area contributed by atoms with E-state index in [1.54, 1.807) is 13.1 Å². The lowest BCUT2D eigenvalue weighted by atomic mass is 10.1. The summed E-state index contributed by atoms with van der Waals surface area (Å²) >= 11 is 0. The number of carbonyl (C=O) groups is 2. The topological polar surface area (TPSA) is 102 Å². The molecule has 0 bridgehead atoms. The Labute approximate surface area is 158 Å². The summed E-state index contributed by atoms with van der Waals surface area (Å²) in [6.45, 7) is 7.32. The Bertz CT molecular complexity index is 920. The van der Waals surface area contributed by atoms with Gasteiger partial charge in [-0.3, -0.25) is 14.6 Å². The largest absolute Gasteiger partial charge is 0.443 e. The van der Waals surface area contributed by atoms with Gasteiger partial charge in [0, 0.05) is 12.6 Å². The molecule has 0 saturated carbocycles. The average Bonchev–Trinajstić information content (AvgIpc) is 2.91. The molecule has 0 fully saturated rings. The minimum Gasteiger partial charge on any atom is -0.443 e. The van der Waals surface area contributed by atoms with Gasteiger partial charge in [-0.2, -0.15) is 0 Å². The van der Waals surface area contributed by atoms with E-state index in [1.807, 2.05) is 39.8 Å². The Morgan fingerprint density at radius 3 is 2.67 bits per heavy atom. The molecule has 2 aromatic rings. The number of nitrogens with two attached hydrogens (primary N) is 1. The maximum absolute atomic E-state index is 12.6. The summed E-state index contributed by atoms with van der Waals surface area (Å²) < 4.78 is 5.44. The van der Waals surface area contributed by atoms with Crippen LogP contribution in [0.25, 0.3) is 0 Å². The number of aryl methyl sites for hydroxylation is 1. The molecule has 8 nitrogen and oxygen atoms in total. The maximum Gasteiger partial charge on any atom is 0.414 e. The number of amides is 2. The van der Waals surface area contributed by atoms with Crippen LogP contribution >= 0.6 is 0 Å². The van der Waals surface area contributed by atoms with Gasteiger partial charge in [0.25, 0.3) is 0 Å². The van der Waals surface area contributed by atoms with E-state index in [1.165, 1.54) is 16.1 Å². The standard InChI is InChI=1S/C19H23N5O3/c1-11-6-7-12(8-14(11)23(5)18(26)27-19(2,3)4)24-15(25)9-13-16(20)21-10-22-17(13)24/h6-8,10H,9H2,1-5H3,(H2,20,21,22). The van der Waals surface area contributed by atoms with Crippen LogP contribution in [-0.2, 0) is 16.0 Å². The zero-order valence-electron chi connectivity index (χ0n) is 16.1. The molecule has 0 unspecified atom stereocenters. The molecule has 8 heteroatoms. The number of ether oxygens (including phenoxy) is 1. The molecular formula is C19H23N5O3. The minimum atomic E-state index is -0.602. The minimum absolute atomic E-state index is 0.146. The van der Waals surface area contributed by atoms with Crippen molar-refractivity contribution in [1.82, 2.24) is 9.97 Å². The monoisotopic (exact) mass is 369 g/mol. The fourth-order valence-corrected chi connectivity index (χ4v) is 2.92. The highest BCUT2D eigenvalue weighted by molar-refractivity contribution is 6.07. The van der Waals surface area contributed by atoms with Crippen molar-refractivity contribution < 1.29 is 14.3 Å². The fourth-order valence-electron chi connectivity index (χ4n) is 2.92.